The van der Waals surface area contributed by atoms with Gasteiger partial charge in [0.25, 0.3) is 0 Å². The molecule has 3 nitrogen and oxygen atoms in total. The van der Waals surface area contributed by atoms with Gasteiger partial charge in [0.2, 0.25) is 0 Å². The number of carbonyl (C=O) groups excluding carboxylic acids is 1. The van der Waals surface area contributed by atoms with E-state index in [2.05, 4.69) is 13.8 Å². The van der Waals surface area contributed by atoms with Crippen LogP contribution in [0, 0.1) is 11.7 Å². The summed E-state index contributed by atoms with van der Waals surface area (Å²) >= 11 is 0. The van der Waals surface area contributed by atoms with Crippen LogP contribution in [0.4, 0.5) is 4.39 Å². The Hall–Kier alpha value is -1.42. The topological polar surface area (TPSA) is 35.5 Å². The van der Waals surface area contributed by atoms with E-state index in [0.717, 1.165) is 6.07 Å². The van der Waals surface area contributed by atoms with Crippen molar-refractivity contribution in [2.75, 3.05) is 19.8 Å². The molecular formula is C13H17FO3. The van der Waals surface area contributed by atoms with Crippen molar-refractivity contribution in [2.45, 2.75) is 13.8 Å². The van der Waals surface area contributed by atoms with Crippen LogP contribution in [0.3, 0.4) is 0 Å². The molecule has 1 rings (SSSR count). The largest absolute Gasteiger partial charge is 0.491 e. The zero-order chi connectivity index (χ0) is 12.7. The molecule has 0 atom stereocenters. The van der Waals surface area contributed by atoms with Gasteiger partial charge in [-0.3, -0.25) is 4.79 Å². The molecule has 0 saturated carbocycles. The van der Waals surface area contributed by atoms with Gasteiger partial charge in [-0.2, -0.15) is 0 Å². The molecule has 0 aliphatic heterocycles. The Kier molecular flexibility index (Phi) is 5.63. The van der Waals surface area contributed by atoms with Crippen molar-refractivity contribution >= 4 is 6.29 Å². The third-order valence-electron chi connectivity index (χ3n) is 1.98. The van der Waals surface area contributed by atoms with Crippen molar-refractivity contribution in [3.05, 3.63) is 29.6 Å². The lowest BCUT2D eigenvalue weighted by molar-refractivity contribution is 0.0817. The van der Waals surface area contributed by atoms with Crippen molar-refractivity contribution in [3.63, 3.8) is 0 Å². The minimum atomic E-state index is -0.479. The highest BCUT2D eigenvalue weighted by atomic mass is 19.1. The fraction of sp³-hybridized carbons (Fsp3) is 0.462. The first-order valence-electron chi connectivity index (χ1n) is 5.58. The summed E-state index contributed by atoms with van der Waals surface area (Å²) in [4.78, 5) is 10.5. The first-order valence-corrected chi connectivity index (χ1v) is 5.58. The van der Waals surface area contributed by atoms with E-state index in [4.69, 9.17) is 9.47 Å². The Morgan fingerprint density at radius 3 is 2.71 bits per heavy atom. The molecule has 0 radical (unpaired) electrons. The second-order valence-corrected chi connectivity index (χ2v) is 4.16. The zero-order valence-electron chi connectivity index (χ0n) is 10.1. The molecule has 1 aromatic carbocycles. The molecule has 0 aromatic heterocycles. The van der Waals surface area contributed by atoms with Crippen LogP contribution in [-0.4, -0.2) is 26.1 Å². The van der Waals surface area contributed by atoms with Crippen LogP contribution >= 0.6 is 0 Å². The van der Waals surface area contributed by atoms with Gasteiger partial charge in [0, 0.05) is 18.2 Å². The lowest BCUT2D eigenvalue weighted by Gasteiger charge is -2.09. The summed E-state index contributed by atoms with van der Waals surface area (Å²) in [5.74, 6) is 0.346. The van der Waals surface area contributed by atoms with Gasteiger partial charge in [0.15, 0.2) is 0 Å². The molecule has 0 aliphatic rings. The van der Waals surface area contributed by atoms with Gasteiger partial charge in [-0.1, -0.05) is 13.8 Å². The van der Waals surface area contributed by atoms with Gasteiger partial charge in [0.05, 0.1) is 6.61 Å². The van der Waals surface area contributed by atoms with Crippen molar-refractivity contribution in [2.24, 2.45) is 5.92 Å². The van der Waals surface area contributed by atoms with Crippen LogP contribution in [0.5, 0.6) is 5.75 Å². The molecule has 0 fully saturated rings. The molecule has 94 valence electrons. The Labute approximate surface area is 101 Å². The molecule has 0 aliphatic carbocycles. The maximum Gasteiger partial charge on any atom is 0.150 e. The Bertz CT molecular complexity index is 364. The Balaban J connectivity index is 2.36. The van der Waals surface area contributed by atoms with Crippen LogP contribution in [0.2, 0.25) is 0 Å². The molecule has 0 heterocycles. The van der Waals surface area contributed by atoms with E-state index >= 15 is 0 Å². The number of aldehydes is 1. The van der Waals surface area contributed by atoms with Crippen LogP contribution in [-0.2, 0) is 4.74 Å². The molecule has 1 aromatic rings. The number of halogens is 1. The second-order valence-electron chi connectivity index (χ2n) is 4.16. The van der Waals surface area contributed by atoms with Gasteiger partial charge in [-0.05, 0) is 18.1 Å². The van der Waals surface area contributed by atoms with E-state index in [0.29, 0.717) is 37.8 Å². The monoisotopic (exact) mass is 240 g/mol. The molecule has 4 heteroatoms. The summed E-state index contributed by atoms with van der Waals surface area (Å²) in [6.45, 7) is 5.58. The quantitative estimate of drug-likeness (QED) is 0.543. The summed E-state index contributed by atoms with van der Waals surface area (Å²) in [5, 5.41) is 0. The van der Waals surface area contributed by atoms with Crippen LogP contribution in [0.1, 0.15) is 24.2 Å². The van der Waals surface area contributed by atoms with Gasteiger partial charge in [-0.25, -0.2) is 4.39 Å². The first kappa shape index (κ1) is 13.6. The Morgan fingerprint density at radius 2 is 2.06 bits per heavy atom. The number of rotatable bonds is 7. The maximum atomic E-state index is 13.0. The summed E-state index contributed by atoms with van der Waals surface area (Å²) in [7, 11) is 0. The van der Waals surface area contributed by atoms with Gasteiger partial charge in [0.1, 0.15) is 24.5 Å². The zero-order valence-corrected chi connectivity index (χ0v) is 10.1. The average Bonchev–Trinajstić information content (AvgIpc) is 2.27. The Morgan fingerprint density at radius 1 is 1.29 bits per heavy atom. The number of hydrogen-bond donors (Lipinski definition) is 0. The van der Waals surface area contributed by atoms with Crippen molar-refractivity contribution in [3.8, 4) is 5.75 Å². The van der Waals surface area contributed by atoms with E-state index in [-0.39, 0.29) is 5.56 Å². The van der Waals surface area contributed by atoms with Gasteiger partial charge < -0.3 is 9.47 Å². The predicted octanol–water partition coefficient (Wildman–Crippen LogP) is 2.69. The summed E-state index contributed by atoms with van der Waals surface area (Å²) in [6, 6.07) is 3.91. The molecule has 0 N–H and O–H groups in total. The van der Waals surface area contributed by atoms with E-state index in [1.165, 1.54) is 12.1 Å². The fourth-order valence-electron chi connectivity index (χ4n) is 1.27. The SMILES string of the molecule is CC(C)COCCOc1cc(F)cc(C=O)c1. The van der Waals surface area contributed by atoms with E-state index < -0.39 is 5.82 Å². The number of carbonyl (C=O) groups is 1. The molecule has 0 unspecified atom stereocenters. The smallest absolute Gasteiger partial charge is 0.150 e. The molecular weight excluding hydrogens is 223 g/mol. The third kappa shape index (κ3) is 5.45. The molecule has 0 amide bonds. The predicted molar refractivity (Wildman–Crippen MR) is 62.9 cm³/mol. The molecule has 0 spiro atoms. The van der Waals surface area contributed by atoms with Gasteiger partial charge >= 0.3 is 0 Å². The summed E-state index contributed by atoms with van der Waals surface area (Å²) < 4.78 is 23.6. The van der Waals surface area contributed by atoms with E-state index in [1.54, 1.807) is 0 Å². The van der Waals surface area contributed by atoms with Crippen LogP contribution in [0.25, 0.3) is 0 Å². The number of ether oxygens (including phenoxy) is 2. The van der Waals surface area contributed by atoms with Crippen LogP contribution in [0.15, 0.2) is 18.2 Å². The van der Waals surface area contributed by atoms with Crippen molar-refractivity contribution < 1.29 is 18.7 Å². The minimum absolute atomic E-state index is 0.267. The highest BCUT2D eigenvalue weighted by Gasteiger charge is 2.01. The number of hydrogen-bond acceptors (Lipinski definition) is 3. The van der Waals surface area contributed by atoms with E-state index in [9.17, 15) is 9.18 Å². The molecule has 17 heavy (non-hydrogen) atoms. The van der Waals surface area contributed by atoms with Gasteiger partial charge in [-0.15, -0.1) is 0 Å². The lowest BCUT2D eigenvalue weighted by atomic mass is 10.2. The normalized spacial score (nSPS) is 10.6. The second kappa shape index (κ2) is 7.01. The highest BCUT2D eigenvalue weighted by molar-refractivity contribution is 5.75. The lowest BCUT2D eigenvalue weighted by Crippen LogP contribution is -2.10. The third-order valence-corrected chi connectivity index (χ3v) is 1.98. The van der Waals surface area contributed by atoms with Crippen molar-refractivity contribution in [1.82, 2.24) is 0 Å². The molecule has 0 saturated heterocycles. The first-order chi connectivity index (χ1) is 8.11. The van der Waals surface area contributed by atoms with E-state index in [1.807, 2.05) is 0 Å². The fourth-order valence-corrected chi connectivity index (χ4v) is 1.27. The number of benzene rings is 1. The molecule has 0 bridgehead atoms. The van der Waals surface area contributed by atoms with Crippen LogP contribution < -0.4 is 4.74 Å². The summed E-state index contributed by atoms with van der Waals surface area (Å²) in [6.07, 6.45) is 0.588. The minimum Gasteiger partial charge on any atom is -0.491 e. The standard InChI is InChI=1S/C13H17FO3/c1-10(2)9-16-3-4-17-13-6-11(8-15)5-12(14)7-13/h5-8,10H,3-4,9H2,1-2H3. The highest BCUT2D eigenvalue weighted by Crippen LogP contribution is 2.15. The maximum absolute atomic E-state index is 13.0. The summed E-state index contributed by atoms with van der Waals surface area (Å²) in [5.41, 5.74) is 0.267. The van der Waals surface area contributed by atoms with Crippen molar-refractivity contribution in [1.29, 1.82) is 0 Å². The average molecular weight is 240 g/mol.